The van der Waals surface area contributed by atoms with Crippen LogP contribution in [0.5, 0.6) is 0 Å². The van der Waals surface area contributed by atoms with E-state index in [1.807, 2.05) is 42.0 Å². The Hall–Kier alpha value is -2.62. The van der Waals surface area contributed by atoms with Gasteiger partial charge in [-0.1, -0.05) is 30.0 Å². The van der Waals surface area contributed by atoms with Gasteiger partial charge in [0, 0.05) is 23.8 Å². The summed E-state index contributed by atoms with van der Waals surface area (Å²) in [4.78, 5) is 16.6. The highest BCUT2D eigenvalue weighted by atomic mass is 32.2. The summed E-state index contributed by atoms with van der Waals surface area (Å²) in [6.45, 7) is 3.66. The lowest BCUT2D eigenvalue weighted by Crippen LogP contribution is -2.17. The number of nitrogens with zero attached hydrogens (tertiary/aromatic N) is 2. The van der Waals surface area contributed by atoms with Gasteiger partial charge in [0.2, 0.25) is 15.9 Å². The van der Waals surface area contributed by atoms with Gasteiger partial charge in [-0.25, -0.2) is 18.5 Å². The lowest BCUT2D eigenvalue weighted by atomic mass is 10.2. The maximum atomic E-state index is 12.3. The third-order valence-electron chi connectivity index (χ3n) is 4.00. The second-order valence-corrected chi connectivity index (χ2v) is 8.75. The Morgan fingerprint density at radius 3 is 2.71 bits per heavy atom. The molecule has 0 saturated carbocycles. The van der Waals surface area contributed by atoms with Crippen LogP contribution in [0.25, 0.3) is 5.69 Å². The van der Waals surface area contributed by atoms with Crippen molar-refractivity contribution in [2.45, 2.75) is 23.9 Å². The summed E-state index contributed by atoms with van der Waals surface area (Å²) >= 11 is 1.29. The first-order chi connectivity index (χ1) is 13.2. The number of carbonyl (C=O) groups excluding carboxylic acids is 1. The van der Waals surface area contributed by atoms with Gasteiger partial charge in [0.1, 0.15) is 0 Å². The van der Waals surface area contributed by atoms with Crippen molar-refractivity contribution < 1.29 is 13.2 Å². The molecule has 3 N–H and O–H groups in total. The number of anilines is 1. The minimum absolute atomic E-state index is 0.00653. The molecule has 0 aliphatic rings. The molecule has 0 bridgehead atoms. The highest BCUT2D eigenvalue weighted by Gasteiger charge is 2.14. The summed E-state index contributed by atoms with van der Waals surface area (Å²) < 4.78 is 25.2. The summed E-state index contributed by atoms with van der Waals surface area (Å²) in [5.41, 5.74) is 3.00. The summed E-state index contributed by atoms with van der Waals surface area (Å²) in [6.07, 6.45) is 3.52. The molecular weight excluding hydrogens is 396 g/mol. The van der Waals surface area contributed by atoms with Crippen molar-refractivity contribution in [2.24, 2.45) is 5.14 Å². The van der Waals surface area contributed by atoms with E-state index in [1.54, 1.807) is 25.3 Å². The van der Waals surface area contributed by atoms with Gasteiger partial charge in [-0.05, 0) is 49.2 Å². The molecule has 9 heteroatoms. The first kappa shape index (κ1) is 20.1. The van der Waals surface area contributed by atoms with Gasteiger partial charge in [0.15, 0.2) is 5.16 Å². The number of primary sulfonamides is 1. The predicted octanol–water partition coefficient (Wildman–Crippen LogP) is 2.87. The van der Waals surface area contributed by atoms with Crippen LogP contribution in [0.1, 0.15) is 11.1 Å². The fraction of sp³-hybridized carbons (Fsp3) is 0.158. The van der Waals surface area contributed by atoms with E-state index in [0.29, 0.717) is 16.4 Å². The average Bonchev–Trinajstić information content (AvgIpc) is 3.09. The third-order valence-corrected chi connectivity index (χ3v) is 6.02. The number of nitrogens with one attached hydrogen (secondary N) is 1. The Balaban J connectivity index is 1.69. The van der Waals surface area contributed by atoms with Gasteiger partial charge in [-0.3, -0.25) is 9.36 Å². The van der Waals surface area contributed by atoms with Gasteiger partial charge >= 0.3 is 0 Å². The zero-order valence-corrected chi connectivity index (χ0v) is 17.0. The molecule has 146 valence electrons. The molecule has 3 aromatic rings. The van der Waals surface area contributed by atoms with Crippen LogP contribution in [-0.4, -0.2) is 29.6 Å². The fourth-order valence-corrected chi connectivity index (χ4v) is 4.26. The molecule has 0 atom stereocenters. The Morgan fingerprint density at radius 2 is 2.00 bits per heavy atom. The number of benzene rings is 2. The van der Waals surface area contributed by atoms with Crippen molar-refractivity contribution in [3.8, 4) is 5.69 Å². The Labute approximate surface area is 168 Å². The van der Waals surface area contributed by atoms with E-state index in [9.17, 15) is 13.2 Å². The number of aryl methyl sites for hydroxylation is 2. The maximum absolute atomic E-state index is 12.3. The number of amides is 1. The van der Waals surface area contributed by atoms with Gasteiger partial charge in [-0.2, -0.15) is 0 Å². The molecule has 0 unspecified atom stereocenters. The van der Waals surface area contributed by atoms with Gasteiger partial charge in [0.25, 0.3) is 0 Å². The van der Waals surface area contributed by atoms with Crippen LogP contribution in [0, 0.1) is 13.8 Å². The SMILES string of the molecule is Cc1cccc(-n2ccnc2SCC(=O)Nc2ccc(C)c(S(N)(=O)=O)c2)c1. The Bertz CT molecular complexity index is 1120. The van der Waals surface area contributed by atoms with Crippen molar-refractivity contribution in [2.75, 3.05) is 11.1 Å². The molecular formula is C19H20N4O3S2. The first-order valence-corrected chi connectivity index (χ1v) is 10.9. The smallest absolute Gasteiger partial charge is 0.238 e. The Kier molecular flexibility index (Phi) is 5.87. The summed E-state index contributed by atoms with van der Waals surface area (Å²) in [5, 5.41) is 8.59. The lowest BCUT2D eigenvalue weighted by Gasteiger charge is -2.10. The number of hydrogen-bond donors (Lipinski definition) is 2. The van der Waals surface area contributed by atoms with Crippen LogP contribution >= 0.6 is 11.8 Å². The van der Waals surface area contributed by atoms with E-state index in [2.05, 4.69) is 10.3 Å². The molecule has 0 radical (unpaired) electrons. The predicted molar refractivity (Wildman–Crippen MR) is 110 cm³/mol. The van der Waals surface area contributed by atoms with E-state index >= 15 is 0 Å². The average molecular weight is 417 g/mol. The topological polar surface area (TPSA) is 107 Å². The second-order valence-electron chi connectivity index (χ2n) is 6.28. The summed E-state index contributed by atoms with van der Waals surface area (Å²) in [5.74, 6) is -0.144. The van der Waals surface area contributed by atoms with Gasteiger partial charge in [-0.15, -0.1) is 0 Å². The van der Waals surface area contributed by atoms with E-state index in [-0.39, 0.29) is 16.6 Å². The first-order valence-electron chi connectivity index (χ1n) is 8.40. The maximum Gasteiger partial charge on any atom is 0.238 e. The molecule has 2 aromatic carbocycles. The van der Waals surface area contributed by atoms with Crippen molar-refractivity contribution in [3.05, 3.63) is 66.0 Å². The summed E-state index contributed by atoms with van der Waals surface area (Å²) in [6, 6.07) is 12.6. The number of carbonyl (C=O) groups is 1. The molecule has 1 amide bonds. The molecule has 7 nitrogen and oxygen atoms in total. The highest BCUT2D eigenvalue weighted by Crippen LogP contribution is 2.22. The minimum atomic E-state index is -3.85. The monoisotopic (exact) mass is 416 g/mol. The number of sulfonamides is 1. The number of nitrogens with two attached hydrogens (primary N) is 1. The number of aromatic nitrogens is 2. The van der Waals surface area contributed by atoms with Crippen molar-refractivity contribution >= 4 is 33.4 Å². The lowest BCUT2D eigenvalue weighted by molar-refractivity contribution is -0.113. The quantitative estimate of drug-likeness (QED) is 0.601. The molecule has 0 aliphatic heterocycles. The molecule has 1 aromatic heterocycles. The van der Waals surface area contributed by atoms with E-state index in [0.717, 1.165) is 11.3 Å². The largest absolute Gasteiger partial charge is 0.325 e. The van der Waals surface area contributed by atoms with Gasteiger partial charge < -0.3 is 5.32 Å². The number of rotatable bonds is 6. The molecule has 0 aliphatic carbocycles. The fourth-order valence-electron chi connectivity index (χ4n) is 2.68. The zero-order valence-electron chi connectivity index (χ0n) is 15.4. The number of thioether (sulfide) groups is 1. The highest BCUT2D eigenvalue weighted by molar-refractivity contribution is 7.99. The molecule has 3 rings (SSSR count). The van der Waals surface area contributed by atoms with Gasteiger partial charge in [0.05, 0.1) is 10.6 Å². The van der Waals surface area contributed by atoms with E-state index in [1.165, 1.54) is 17.8 Å². The molecule has 0 saturated heterocycles. The van der Waals surface area contributed by atoms with Crippen LogP contribution < -0.4 is 10.5 Å². The number of hydrogen-bond acceptors (Lipinski definition) is 5. The van der Waals surface area contributed by atoms with Crippen LogP contribution in [0.4, 0.5) is 5.69 Å². The number of imidazole rings is 1. The molecule has 1 heterocycles. The standard InChI is InChI=1S/C19H20N4O3S2/c1-13-4-3-5-16(10-13)23-9-8-21-19(23)27-12-18(24)22-15-7-6-14(2)17(11-15)28(20,25)26/h3-11H,12H2,1-2H3,(H,22,24)(H2,20,25,26). The van der Waals surface area contributed by atoms with Crippen LogP contribution in [0.15, 0.2) is 64.9 Å². The molecule has 28 heavy (non-hydrogen) atoms. The van der Waals surface area contributed by atoms with Crippen LogP contribution in [-0.2, 0) is 14.8 Å². The van der Waals surface area contributed by atoms with Crippen LogP contribution in [0.2, 0.25) is 0 Å². The normalized spacial score (nSPS) is 11.4. The molecule has 0 fully saturated rings. The van der Waals surface area contributed by atoms with E-state index in [4.69, 9.17) is 5.14 Å². The van der Waals surface area contributed by atoms with E-state index < -0.39 is 10.0 Å². The van der Waals surface area contributed by atoms with Crippen molar-refractivity contribution in [3.63, 3.8) is 0 Å². The minimum Gasteiger partial charge on any atom is -0.325 e. The zero-order chi connectivity index (χ0) is 20.3. The van der Waals surface area contributed by atoms with Crippen LogP contribution in [0.3, 0.4) is 0 Å². The Morgan fingerprint density at radius 1 is 1.21 bits per heavy atom. The van der Waals surface area contributed by atoms with Crippen molar-refractivity contribution in [1.29, 1.82) is 0 Å². The van der Waals surface area contributed by atoms with Crippen molar-refractivity contribution in [1.82, 2.24) is 9.55 Å². The molecule has 0 spiro atoms. The summed E-state index contributed by atoms with van der Waals surface area (Å²) in [7, 11) is -3.85. The third kappa shape index (κ3) is 4.80. The second kappa shape index (κ2) is 8.17.